The predicted octanol–water partition coefficient (Wildman–Crippen LogP) is 1.63. The highest BCUT2D eigenvalue weighted by Crippen LogP contribution is 2.20. The van der Waals surface area contributed by atoms with Crippen LogP contribution in [0.25, 0.3) is 0 Å². The summed E-state index contributed by atoms with van der Waals surface area (Å²) in [7, 11) is 7.62. The predicted molar refractivity (Wildman–Crippen MR) is 89.5 cm³/mol. The average molecular weight is 316 g/mol. The number of hydrogen-bond donors (Lipinski definition) is 0. The minimum Gasteiger partial charge on any atom is -0.491 e. The second kappa shape index (κ2) is 7.78. The van der Waals surface area contributed by atoms with Crippen LogP contribution in [0.5, 0.6) is 5.75 Å². The Morgan fingerprint density at radius 2 is 2.00 bits per heavy atom. The number of likely N-dealkylation sites (N-methyl/N-ethyl adjacent to an activating group) is 1. The lowest BCUT2D eigenvalue weighted by molar-refractivity contribution is 0.0780. The van der Waals surface area contributed by atoms with Crippen molar-refractivity contribution in [2.75, 3.05) is 34.3 Å². The third-order valence-electron chi connectivity index (χ3n) is 3.44. The molecule has 0 unspecified atom stereocenters. The molecule has 0 atom stereocenters. The van der Waals surface area contributed by atoms with Gasteiger partial charge in [0.2, 0.25) is 0 Å². The van der Waals surface area contributed by atoms with Gasteiger partial charge < -0.3 is 14.5 Å². The van der Waals surface area contributed by atoms with Gasteiger partial charge in [-0.2, -0.15) is 5.10 Å². The lowest BCUT2D eigenvalue weighted by atomic mass is 10.1. The molecule has 0 radical (unpaired) electrons. The Balaban J connectivity index is 2.05. The van der Waals surface area contributed by atoms with Gasteiger partial charge in [-0.05, 0) is 26.2 Å². The van der Waals surface area contributed by atoms with Gasteiger partial charge in [0.05, 0.1) is 11.8 Å². The molecular weight excluding hydrogens is 292 g/mol. The summed E-state index contributed by atoms with van der Waals surface area (Å²) in [5.41, 5.74) is 1.58. The highest BCUT2D eigenvalue weighted by atomic mass is 16.5. The molecule has 1 aromatic heterocycles. The largest absolute Gasteiger partial charge is 0.491 e. The number of ether oxygens (including phenoxy) is 1. The first kappa shape index (κ1) is 17.0. The molecule has 6 nitrogen and oxygen atoms in total. The summed E-state index contributed by atoms with van der Waals surface area (Å²) >= 11 is 0. The van der Waals surface area contributed by atoms with E-state index in [2.05, 4.69) is 5.10 Å². The van der Waals surface area contributed by atoms with Crippen LogP contribution in [0, 0.1) is 0 Å². The van der Waals surface area contributed by atoms with E-state index in [0.29, 0.717) is 24.5 Å². The number of para-hydroxylation sites is 1. The first-order valence-corrected chi connectivity index (χ1v) is 7.57. The number of carbonyl (C=O) groups excluding carboxylic acids is 1. The van der Waals surface area contributed by atoms with Gasteiger partial charge in [0.15, 0.2) is 0 Å². The molecule has 0 saturated heterocycles. The summed E-state index contributed by atoms with van der Waals surface area (Å²) in [4.78, 5) is 16.4. The molecule has 1 amide bonds. The Hall–Kier alpha value is -2.34. The van der Waals surface area contributed by atoms with Crippen molar-refractivity contribution >= 4 is 5.91 Å². The molecular formula is C17H24N4O2. The van der Waals surface area contributed by atoms with Crippen LogP contribution in [0.1, 0.15) is 15.9 Å². The molecule has 0 spiro atoms. The van der Waals surface area contributed by atoms with Gasteiger partial charge in [0.25, 0.3) is 5.91 Å². The van der Waals surface area contributed by atoms with Crippen molar-refractivity contribution in [2.24, 2.45) is 7.05 Å². The van der Waals surface area contributed by atoms with Crippen molar-refractivity contribution in [2.45, 2.75) is 6.54 Å². The molecule has 6 heteroatoms. The fraction of sp³-hybridized carbons (Fsp3) is 0.412. The Morgan fingerprint density at radius 3 is 2.65 bits per heavy atom. The zero-order chi connectivity index (χ0) is 16.8. The summed E-state index contributed by atoms with van der Waals surface area (Å²) < 4.78 is 7.50. The van der Waals surface area contributed by atoms with Crippen LogP contribution in [0.2, 0.25) is 0 Å². The number of benzene rings is 1. The maximum Gasteiger partial charge on any atom is 0.257 e. The van der Waals surface area contributed by atoms with Crippen molar-refractivity contribution < 1.29 is 9.53 Å². The van der Waals surface area contributed by atoms with E-state index in [9.17, 15) is 4.79 Å². The van der Waals surface area contributed by atoms with E-state index in [4.69, 9.17) is 4.74 Å². The first-order chi connectivity index (χ1) is 11.0. The van der Waals surface area contributed by atoms with Crippen molar-refractivity contribution in [3.05, 3.63) is 47.8 Å². The zero-order valence-corrected chi connectivity index (χ0v) is 14.2. The van der Waals surface area contributed by atoms with Crippen molar-refractivity contribution in [1.82, 2.24) is 19.6 Å². The van der Waals surface area contributed by atoms with Gasteiger partial charge in [-0.1, -0.05) is 12.1 Å². The molecule has 0 aliphatic heterocycles. The van der Waals surface area contributed by atoms with Crippen LogP contribution in [-0.2, 0) is 13.6 Å². The first-order valence-electron chi connectivity index (χ1n) is 7.57. The monoisotopic (exact) mass is 316 g/mol. The minimum absolute atomic E-state index is 0.0608. The van der Waals surface area contributed by atoms with E-state index >= 15 is 0 Å². The number of aryl methyl sites for hydroxylation is 1. The normalized spacial score (nSPS) is 10.8. The molecule has 1 heterocycles. The fourth-order valence-corrected chi connectivity index (χ4v) is 2.21. The van der Waals surface area contributed by atoms with Crippen LogP contribution in [0.3, 0.4) is 0 Å². The van der Waals surface area contributed by atoms with Gasteiger partial charge in [-0.3, -0.25) is 9.48 Å². The second-order valence-electron chi connectivity index (χ2n) is 5.83. The van der Waals surface area contributed by atoms with Crippen molar-refractivity contribution in [1.29, 1.82) is 0 Å². The maximum atomic E-state index is 12.7. The van der Waals surface area contributed by atoms with Crippen LogP contribution in [-0.4, -0.2) is 59.8 Å². The molecule has 0 N–H and O–H groups in total. The molecule has 2 rings (SSSR count). The summed E-state index contributed by atoms with van der Waals surface area (Å²) in [5, 5.41) is 4.13. The number of carbonyl (C=O) groups is 1. The highest BCUT2D eigenvalue weighted by Gasteiger charge is 2.17. The summed E-state index contributed by atoms with van der Waals surface area (Å²) in [6.45, 7) is 1.86. The Morgan fingerprint density at radius 1 is 1.26 bits per heavy atom. The molecule has 0 aliphatic rings. The average Bonchev–Trinajstić information content (AvgIpc) is 2.91. The molecule has 124 valence electrons. The fourth-order valence-electron chi connectivity index (χ4n) is 2.21. The maximum absolute atomic E-state index is 12.7. The van der Waals surface area contributed by atoms with Gasteiger partial charge >= 0.3 is 0 Å². The molecule has 1 aromatic carbocycles. The Kier molecular flexibility index (Phi) is 5.76. The molecule has 0 aliphatic carbocycles. The van der Waals surface area contributed by atoms with Gasteiger partial charge in [-0.25, -0.2) is 0 Å². The van der Waals surface area contributed by atoms with Crippen LogP contribution < -0.4 is 4.74 Å². The zero-order valence-electron chi connectivity index (χ0n) is 14.2. The van der Waals surface area contributed by atoms with Crippen LogP contribution in [0.4, 0.5) is 0 Å². The van der Waals surface area contributed by atoms with E-state index in [1.54, 1.807) is 28.9 Å². The molecule has 0 saturated carbocycles. The van der Waals surface area contributed by atoms with Gasteiger partial charge in [0, 0.05) is 38.9 Å². The molecule has 0 bridgehead atoms. The van der Waals surface area contributed by atoms with Crippen LogP contribution >= 0.6 is 0 Å². The Labute approximate surface area is 137 Å². The number of amides is 1. The van der Waals surface area contributed by atoms with E-state index in [1.807, 2.05) is 50.4 Å². The van der Waals surface area contributed by atoms with E-state index in [-0.39, 0.29) is 5.91 Å². The SMILES string of the molecule is CN(C)CCOc1ccccc1C(=O)N(C)Cc1cnn(C)c1. The van der Waals surface area contributed by atoms with E-state index < -0.39 is 0 Å². The number of hydrogen-bond acceptors (Lipinski definition) is 4. The highest BCUT2D eigenvalue weighted by molar-refractivity contribution is 5.96. The minimum atomic E-state index is -0.0608. The summed E-state index contributed by atoms with van der Waals surface area (Å²) in [6, 6.07) is 7.36. The number of rotatable bonds is 7. The quantitative estimate of drug-likeness (QED) is 0.779. The van der Waals surface area contributed by atoms with Gasteiger partial charge in [0.1, 0.15) is 12.4 Å². The third kappa shape index (κ3) is 4.82. The summed E-state index contributed by atoms with van der Waals surface area (Å²) in [6.07, 6.45) is 3.67. The lowest BCUT2D eigenvalue weighted by Crippen LogP contribution is -2.27. The lowest BCUT2D eigenvalue weighted by Gasteiger charge is -2.19. The smallest absolute Gasteiger partial charge is 0.257 e. The van der Waals surface area contributed by atoms with E-state index in [0.717, 1.165) is 12.1 Å². The summed E-state index contributed by atoms with van der Waals surface area (Å²) in [5.74, 6) is 0.562. The molecule has 0 fully saturated rings. The van der Waals surface area contributed by atoms with Crippen molar-refractivity contribution in [3.8, 4) is 5.75 Å². The molecule has 2 aromatic rings. The van der Waals surface area contributed by atoms with Crippen molar-refractivity contribution in [3.63, 3.8) is 0 Å². The van der Waals surface area contributed by atoms with Crippen LogP contribution in [0.15, 0.2) is 36.7 Å². The second-order valence-corrected chi connectivity index (χ2v) is 5.83. The number of aromatic nitrogens is 2. The van der Waals surface area contributed by atoms with E-state index in [1.165, 1.54) is 0 Å². The third-order valence-corrected chi connectivity index (χ3v) is 3.44. The topological polar surface area (TPSA) is 50.6 Å². The number of nitrogens with zero attached hydrogens (tertiary/aromatic N) is 4. The van der Waals surface area contributed by atoms with Gasteiger partial charge in [-0.15, -0.1) is 0 Å². The molecule has 23 heavy (non-hydrogen) atoms. The standard InChI is InChI=1S/C17H24N4O2/c1-19(2)9-10-23-16-8-6-5-7-15(16)17(22)20(3)12-14-11-18-21(4)13-14/h5-8,11,13H,9-10,12H2,1-4H3. The Bertz CT molecular complexity index is 652.